The number of ether oxygens (including phenoxy) is 1. The van der Waals surface area contributed by atoms with Crippen LogP contribution in [0.15, 0.2) is 168 Å². The number of carbonyl (C=O) groups is 3. The van der Waals surface area contributed by atoms with Gasteiger partial charge in [0.25, 0.3) is 11.8 Å². The standard InChI is InChI=1S/C45H39N3O4S/c1-31-13-12-20-40(32(31)2)47-45(51)42(35-16-8-4-9-17-35)53-39-27-23-37(24-28-39)46-44(50)41(48-43(49)36-18-10-5-11-19-36)29-33-21-25-38(26-22-33)52-30-34-14-6-3-7-15-34/h3-29,42H,30H2,1-2H3,(H,46,50)(H,47,51)(H,48,49)/b41-29-. The Kier molecular flexibility index (Phi) is 12.2. The lowest BCUT2D eigenvalue weighted by Crippen LogP contribution is -2.30. The molecule has 0 bridgehead atoms. The van der Waals surface area contributed by atoms with Crippen LogP contribution in [0.2, 0.25) is 0 Å². The molecule has 3 N–H and O–H groups in total. The number of thioether (sulfide) groups is 1. The molecule has 3 amide bonds. The van der Waals surface area contributed by atoms with Crippen molar-refractivity contribution in [3.63, 3.8) is 0 Å². The summed E-state index contributed by atoms with van der Waals surface area (Å²) in [7, 11) is 0. The van der Waals surface area contributed by atoms with E-state index in [1.165, 1.54) is 11.8 Å². The predicted octanol–water partition coefficient (Wildman–Crippen LogP) is 9.76. The summed E-state index contributed by atoms with van der Waals surface area (Å²) in [6.45, 7) is 4.45. The van der Waals surface area contributed by atoms with Crippen LogP contribution in [0.1, 0.15) is 43.4 Å². The van der Waals surface area contributed by atoms with Crippen LogP contribution in [-0.2, 0) is 16.2 Å². The second-order valence-electron chi connectivity index (χ2n) is 12.3. The van der Waals surface area contributed by atoms with Gasteiger partial charge in [0.2, 0.25) is 5.91 Å². The van der Waals surface area contributed by atoms with Crippen molar-refractivity contribution in [1.29, 1.82) is 0 Å². The molecule has 53 heavy (non-hydrogen) atoms. The first-order valence-electron chi connectivity index (χ1n) is 17.2. The molecule has 6 aromatic carbocycles. The Morgan fingerprint density at radius 3 is 2.00 bits per heavy atom. The van der Waals surface area contributed by atoms with Crippen LogP contribution in [-0.4, -0.2) is 17.7 Å². The lowest BCUT2D eigenvalue weighted by atomic mass is 10.1. The molecule has 0 aliphatic rings. The number of aryl methyl sites for hydroxylation is 1. The molecule has 0 saturated carbocycles. The normalized spacial score (nSPS) is 11.6. The van der Waals surface area contributed by atoms with Crippen molar-refractivity contribution in [3.8, 4) is 5.75 Å². The zero-order valence-corrected chi connectivity index (χ0v) is 30.2. The number of anilines is 2. The molecule has 0 aliphatic carbocycles. The van der Waals surface area contributed by atoms with Gasteiger partial charge in [-0.05, 0) is 102 Å². The van der Waals surface area contributed by atoms with Crippen molar-refractivity contribution in [3.05, 3.63) is 197 Å². The zero-order chi connectivity index (χ0) is 37.0. The summed E-state index contributed by atoms with van der Waals surface area (Å²) in [5, 5.41) is 8.30. The highest BCUT2D eigenvalue weighted by atomic mass is 32.2. The van der Waals surface area contributed by atoms with Gasteiger partial charge in [-0.2, -0.15) is 0 Å². The van der Waals surface area contributed by atoms with Gasteiger partial charge in [-0.15, -0.1) is 11.8 Å². The first kappa shape index (κ1) is 36.4. The molecular formula is C45H39N3O4S. The van der Waals surface area contributed by atoms with Gasteiger partial charge in [0.1, 0.15) is 23.3 Å². The molecule has 7 nitrogen and oxygen atoms in total. The third-order valence-corrected chi connectivity index (χ3v) is 9.80. The van der Waals surface area contributed by atoms with E-state index in [1.54, 1.807) is 42.5 Å². The summed E-state index contributed by atoms with van der Waals surface area (Å²) in [4.78, 5) is 41.4. The van der Waals surface area contributed by atoms with E-state index in [-0.39, 0.29) is 11.6 Å². The van der Waals surface area contributed by atoms with E-state index < -0.39 is 17.1 Å². The quantitative estimate of drug-likeness (QED) is 0.0817. The largest absolute Gasteiger partial charge is 0.489 e. The molecule has 0 radical (unpaired) electrons. The van der Waals surface area contributed by atoms with Gasteiger partial charge in [0.15, 0.2) is 0 Å². The molecule has 8 heteroatoms. The van der Waals surface area contributed by atoms with Crippen LogP contribution in [0.5, 0.6) is 5.75 Å². The van der Waals surface area contributed by atoms with Crippen molar-refractivity contribution >= 4 is 46.9 Å². The minimum Gasteiger partial charge on any atom is -0.489 e. The molecule has 1 unspecified atom stereocenters. The minimum absolute atomic E-state index is 0.0718. The summed E-state index contributed by atoms with van der Waals surface area (Å²) in [6.07, 6.45) is 1.63. The van der Waals surface area contributed by atoms with E-state index in [0.29, 0.717) is 29.2 Å². The van der Waals surface area contributed by atoms with E-state index in [2.05, 4.69) is 16.0 Å². The maximum Gasteiger partial charge on any atom is 0.272 e. The predicted molar refractivity (Wildman–Crippen MR) is 214 cm³/mol. The molecule has 1 atom stereocenters. The van der Waals surface area contributed by atoms with Gasteiger partial charge in [-0.3, -0.25) is 14.4 Å². The second-order valence-corrected chi connectivity index (χ2v) is 13.5. The molecule has 0 aliphatic heterocycles. The number of rotatable bonds is 13. The Bertz CT molecular complexity index is 2190. The van der Waals surface area contributed by atoms with Gasteiger partial charge in [-0.25, -0.2) is 0 Å². The van der Waals surface area contributed by atoms with Gasteiger partial charge < -0.3 is 20.7 Å². The van der Waals surface area contributed by atoms with Crippen molar-refractivity contribution in [2.45, 2.75) is 30.6 Å². The molecule has 0 heterocycles. The van der Waals surface area contributed by atoms with E-state index in [9.17, 15) is 14.4 Å². The molecule has 6 aromatic rings. The highest BCUT2D eigenvalue weighted by molar-refractivity contribution is 8.00. The van der Waals surface area contributed by atoms with E-state index in [1.807, 2.05) is 135 Å². The molecule has 0 spiro atoms. The maximum atomic E-state index is 13.7. The SMILES string of the molecule is Cc1cccc(NC(=O)C(Sc2ccc(NC(=O)/C(=C/c3ccc(OCc4ccccc4)cc3)NC(=O)c3ccccc3)cc2)c2ccccc2)c1C. The van der Waals surface area contributed by atoms with Crippen molar-refractivity contribution < 1.29 is 19.1 Å². The fourth-order valence-electron chi connectivity index (χ4n) is 5.45. The molecular weight excluding hydrogens is 679 g/mol. The average molecular weight is 718 g/mol. The summed E-state index contributed by atoms with van der Waals surface area (Å²) < 4.78 is 5.91. The topological polar surface area (TPSA) is 96.5 Å². The third kappa shape index (κ3) is 10.1. The molecule has 0 saturated heterocycles. The van der Waals surface area contributed by atoms with E-state index >= 15 is 0 Å². The monoisotopic (exact) mass is 717 g/mol. The Labute approximate surface area is 314 Å². The number of benzene rings is 6. The third-order valence-electron chi connectivity index (χ3n) is 8.54. The van der Waals surface area contributed by atoms with Gasteiger partial charge in [0, 0.05) is 21.8 Å². The fraction of sp³-hybridized carbons (Fsp3) is 0.0889. The minimum atomic E-state index is -0.519. The Balaban J connectivity index is 1.17. The number of carbonyl (C=O) groups excluding carboxylic acids is 3. The second kappa shape index (κ2) is 17.7. The van der Waals surface area contributed by atoms with Crippen molar-refractivity contribution in [2.75, 3.05) is 10.6 Å². The summed E-state index contributed by atoms with van der Waals surface area (Å²) in [5.74, 6) is -0.352. The highest BCUT2D eigenvalue weighted by Crippen LogP contribution is 2.37. The first-order valence-corrected chi connectivity index (χ1v) is 18.1. The highest BCUT2D eigenvalue weighted by Gasteiger charge is 2.23. The number of nitrogens with one attached hydrogen (secondary N) is 3. The van der Waals surface area contributed by atoms with Crippen LogP contribution < -0.4 is 20.7 Å². The van der Waals surface area contributed by atoms with Gasteiger partial charge in [0.05, 0.1) is 0 Å². The Hall–Kier alpha value is -6.38. The van der Waals surface area contributed by atoms with Crippen LogP contribution in [0, 0.1) is 13.8 Å². The molecule has 264 valence electrons. The van der Waals surface area contributed by atoms with E-state index in [0.717, 1.165) is 32.8 Å². The zero-order valence-electron chi connectivity index (χ0n) is 29.4. The van der Waals surface area contributed by atoms with Gasteiger partial charge >= 0.3 is 0 Å². The summed E-state index contributed by atoms with van der Waals surface area (Å²) in [6, 6.07) is 48.7. The lowest BCUT2D eigenvalue weighted by Gasteiger charge is -2.19. The van der Waals surface area contributed by atoms with Crippen LogP contribution in [0.25, 0.3) is 6.08 Å². The average Bonchev–Trinajstić information content (AvgIpc) is 3.19. The van der Waals surface area contributed by atoms with Crippen LogP contribution in [0.4, 0.5) is 11.4 Å². The summed E-state index contributed by atoms with van der Waals surface area (Å²) >= 11 is 1.42. The van der Waals surface area contributed by atoms with E-state index in [4.69, 9.17) is 4.74 Å². The molecule has 6 rings (SSSR count). The number of amides is 3. The van der Waals surface area contributed by atoms with Gasteiger partial charge in [-0.1, -0.05) is 103 Å². The number of hydrogen-bond donors (Lipinski definition) is 3. The maximum absolute atomic E-state index is 13.7. The van der Waals surface area contributed by atoms with Crippen LogP contribution >= 0.6 is 11.8 Å². The fourth-order valence-corrected chi connectivity index (χ4v) is 6.47. The molecule has 0 aromatic heterocycles. The number of hydrogen-bond acceptors (Lipinski definition) is 5. The van der Waals surface area contributed by atoms with Crippen molar-refractivity contribution in [2.24, 2.45) is 0 Å². The smallest absolute Gasteiger partial charge is 0.272 e. The Morgan fingerprint density at radius 1 is 0.679 bits per heavy atom. The molecule has 0 fully saturated rings. The van der Waals surface area contributed by atoms with Crippen LogP contribution in [0.3, 0.4) is 0 Å². The summed E-state index contributed by atoms with van der Waals surface area (Å²) in [5.41, 5.74) is 6.56. The Morgan fingerprint density at radius 2 is 1.32 bits per heavy atom. The van der Waals surface area contributed by atoms with Crippen molar-refractivity contribution in [1.82, 2.24) is 5.32 Å². The first-order chi connectivity index (χ1) is 25.8. The lowest BCUT2D eigenvalue weighted by molar-refractivity contribution is -0.116.